The van der Waals surface area contributed by atoms with Gasteiger partial charge in [-0.3, -0.25) is 0 Å². The molecule has 0 atom stereocenters. The van der Waals surface area contributed by atoms with E-state index in [4.69, 9.17) is 4.74 Å². The quantitative estimate of drug-likeness (QED) is 0.792. The summed E-state index contributed by atoms with van der Waals surface area (Å²) in [5.41, 5.74) is 0. The maximum Gasteiger partial charge on any atom is 0.120 e. The standard InChI is InChI=1S/C12H15BrO/c13-11-6-3-7-12(8-11)14-9-10-4-1-2-5-10/h3,6-8,10H,1-2,4-5,9H2. The average molecular weight is 255 g/mol. The molecule has 1 saturated carbocycles. The van der Waals surface area contributed by atoms with Gasteiger partial charge in [-0.05, 0) is 37.0 Å². The zero-order valence-corrected chi connectivity index (χ0v) is 9.79. The fraction of sp³-hybridized carbons (Fsp3) is 0.500. The van der Waals surface area contributed by atoms with Gasteiger partial charge in [-0.25, -0.2) is 0 Å². The van der Waals surface area contributed by atoms with Crippen molar-refractivity contribution in [2.45, 2.75) is 25.7 Å². The molecule has 0 heterocycles. The van der Waals surface area contributed by atoms with Gasteiger partial charge in [-0.2, -0.15) is 0 Å². The topological polar surface area (TPSA) is 9.23 Å². The van der Waals surface area contributed by atoms with Gasteiger partial charge in [0, 0.05) is 4.47 Å². The highest BCUT2D eigenvalue weighted by Crippen LogP contribution is 2.26. The molecule has 0 spiro atoms. The number of hydrogen-bond acceptors (Lipinski definition) is 1. The first-order valence-corrected chi connectivity index (χ1v) is 6.02. The van der Waals surface area contributed by atoms with Gasteiger partial charge in [0.15, 0.2) is 0 Å². The molecular formula is C12H15BrO. The molecule has 0 saturated heterocycles. The predicted molar refractivity (Wildman–Crippen MR) is 61.6 cm³/mol. The maximum absolute atomic E-state index is 5.74. The number of rotatable bonds is 3. The van der Waals surface area contributed by atoms with Crippen LogP contribution in [0.1, 0.15) is 25.7 Å². The molecule has 0 aliphatic heterocycles. The smallest absolute Gasteiger partial charge is 0.120 e. The summed E-state index contributed by atoms with van der Waals surface area (Å²) in [6, 6.07) is 8.06. The molecule has 1 aliphatic rings. The Morgan fingerprint density at radius 2 is 2.07 bits per heavy atom. The number of benzene rings is 1. The van der Waals surface area contributed by atoms with Crippen molar-refractivity contribution in [2.24, 2.45) is 5.92 Å². The van der Waals surface area contributed by atoms with E-state index in [-0.39, 0.29) is 0 Å². The Hall–Kier alpha value is -0.500. The van der Waals surface area contributed by atoms with Gasteiger partial charge in [0.05, 0.1) is 6.61 Å². The first kappa shape index (κ1) is 10.0. The van der Waals surface area contributed by atoms with Gasteiger partial charge in [0.25, 0.3) is 0 Å². The van der Waals surface area contributed by atoms with Crippen LogP contribution in [0.5, 0.6) is 5.75 Å². The Balaban J connectivity index is 1.85. The second-order valence-corrected chi connectivity index (χ2v) is 4.83. The summed E-state index contributed by atoms with van der Waals surface area (Å²) in [5.74, 6) is 1.76. The third-order valence-electron chi connectivity index (χ3n) is 2.76. The molecule has 0 N–H and O–H groups in total. The molecule has 0 amide bonds. The van der Waals surface area contributed by atoms with Crippen molar-refractivity contribution in [3.8, 4) is 5.75 Å². The maximum atomic E-state index is 5.74. The SMILES string of the molecule is Brc1cccc(OCC2CCCC2)c1. The normalized spacial score (nSPS) is 17.2. The van der Waals surface area contributed by atoms with Crippen molar-refractivity contribution in [1.82, 2.24) is 0 Å². The first-order chi connectivity index (χ1) is 6.84. The van der Waals surface area contributed by atoms with Gasteiger partial charge in [0.2, 0.25) is 0 Å². The lowest BCUT2D eigenvalue weighted by Gasteiger charge is -2.11. The number of ether oxygens (including phenoxy) is 1. The summed E-state index contributed by atoms with van der Waals surface area (Å²) >= 11 is 3.44. The summed E-state index contributed by atoms with van der Waals surface area (Å²) < 4.78 is 6.83. The molecule has 76 valence electrons. The van der Waals surface area contributed by atoms with Crippen molar-refractivity contribution in [2.75, 3.05) is 6.61 Å². The van der Waals surface area contributed by atoms with Crippen LogP contribution >= 0.6 is 15.9 Å². The van der Waals surface area contributed by atoms with Crippen molar-refractivity contribution < 1.29 is 4.74 Å². The van der Waals surface area contributed by atoms with Crippen LogP contribution in [0.3, 0.4) is 0 Å². The van der Waals surface area contributed by atoms with Gasteiger partial charge in [-0.1, -0.05) is 34.8 Å². The van der Waals surface area contributed by atoms with Crippen molar-refractivity contribution in [1.29, 1.82) is 0 Å². The largest absolute Gasteiger partial charge is 0.493 e. The highest BCUT2D eigenvalue weighted by molar-refractivity contribution is 9.10. The van der Waals surface area contributed by atoms with E-state index in [1.54, 1.807) is 0 Å². The third kappa shape index (κ3) is 2.74. The van der Waals surface area contributed by atoms with E-state index >= 15 is 0 Å². The van der Waals surface area contributed by atoms with E-state index in [2.05, 4.69) is 15.9 Å². The van der Waals surface area contributed by atoms with Gasteiger partial charge in [-0.15, -0.1) is 0 Å². The fourth-order valence-corrected chi connectivity index (χ4v) is 2.33. The molecule has 1 aliphatic carbocycles. The minimum Gasteiger partial charge on any atom is -0.493 e. The predicted octanol–water partition coefficient (Wildman–Crippen LogP) is 4.02. The molecule has 1 fully saturated rings. The molecule has 1 aromatic carbocycles. The van der Waals surface area contributed by atoms with Crippen LogP contribution in [0, 0.1) is 5.92 Å². The van der Waals surface area contributed by atoms with Crippen LogP contribution in [-0.2, 0) is 0 Å². The van der Waals surface area contributed by atoms with Gasteiger partial charge in [0.1, 0.15) is 5.75 Å². The monoisotopic (exact) mass is 254 g/mol. The van der Waals surface area contributed by atoms with E-state index in [1.807, 2.05) is 24.3 Å². The lowest BCUT2D eigenvalue weighted by Crippen LogP contribution is -2.07. The average Bonchev–Trinajstić information content (AvgIpc) is 2.67. The lowest BCUT2D eigenvalue weighted by molar-refractivity contribution is 0.252. The second kappa shape index (κ2) is 4.83. The Bertz CT molecular complexity index is 292. The van der Waals surface area contributed by atoms with E-state index < -0.39 is 0 Å². The summed E-state index contributed by atoms with van der Waals surface area (Å²) in [7, 11) is 0. The zero-order valence-electron chi connectivity index (χ0n) is 8.21. The highest BCUT2D eigenvalue weighted by Gasteiger charge is 2.15. The van der Waals surface area contributed by atoms with Crippen LogP contribution in [-0.4, -0.2) is 6.61 Å². The second-order valence-electron chi connectivity index (χ2n) is 3.92. The van der Waals surface area contributed by atoms with Gasteiger partial charge >= 0.3 is 0 Å². The summed E-state index contributed by atoms with van der Waals surface area (Å²) in [6.07, 6.45) is 5.45. The van der Waals surface area contributed by atoms with E-state index in [0.717, 1.165) is 22.7 Å². The number of halogens is 1. The van der Waals surface area contributed by atoms with Crippen molar-refractivity contribution in [3.05, 3.63) is 28.7 Å². The molecular weight excluding hydrogens is 240 g/mol. The zero-order chi connectivity index (χ0) is 9.80. The molecule has 14 heavy (non-hydrogen) atoms. The lowest BCUT2D eigenvalue weighted by atomic mass is 10.1. The summed E-state index contributed by atoms with van der Waals surface area (Å²) in [5, 5.41) is 0. The highest BCUT2D eigenvalue weighted by atomic mass is 79.9. The van der Waals surface area contributed by atoms with Crippen molar-refractivity contribution in [3.63, 3.8) is 0 Å². The van der Waals surface area contributed by atoms with E-state index in [9.17, 15) is 0 Å². The molecule has 2 heteroatoms. The molecule has 1 nitrogen and oxygen atoms in total. The summed E-state index contributed by atoms with van der Waals surface area (Å²) in [4.78, 5) is 0. The fourth-order valence-electron chi connectivity index (χ4n) is 1.95. The van der Waals surface area contributed by atoms with Crippen LogP contribution in [0.2, 0.25) is 0 Å². The van der Waals surface area contributed by atoms with Crippen LogP contribution in [0.4, 0.5) is 0 Å². The Labute approximate surface area is 93.6 Å². The van der Waals surface area contributed by atoms with Gasteiger partial charge < -0.3 is 4.74 Å². The molecule has 0 radical (unpaired) electrons. The van der Waals surface area contributed by atoms with Crippen LogP contribution in [0.25, 0.3) is 0 Å². The number of hydrogen-bond donors (Lipinski definition) is 0. The molecule has 1 aromatic rings. The van der Waals surface area contributed by atoms with E-state index in [0.29, 0.717) is 0 Å². The van der Waals surface area contributed by atoms with E-state index in [1.165, 1.54) is 25.7 Å². The molecule has 0 aromatic heterocycles. The van der Waals surface area contributed by atoms with Crippen LogP contribution < -0.4 is 4.74 Å². The van der Waals surface area contributed by atoms with Crippen molar-refractivity contribution >= 4 is 15.9 Å². The molecule has 2 rings (SSSR count). The Morgan fingerprint density at radius 3 is 2.79 bits per heavy atom. The minimum absolute atomic E-state index is 0.786. The molecule has 0 unspecified atom stereocenters. The minimum atomic E-state index is 0.786. The van der Waals surface area contributed by atoms with Crippen LogP contribution in [0.15, 0.2) is 28.7 Å². The first-order valence-electron chi connectivity index (χ1n) is 5.23. The Kier molecular flexibility index (Phi) is 3.46. The summed E-state index contributed by atoms with van der Waals surface area (Å²) in [6.45, 7) is 0.885. The Morgan fingerprint density at radius 1 is 1.29 bits per heavy atom. The molecule has 0 bridgehead atoms. The third-order valence-corrected chi connectivity index (χ3v) is 3.25.